The van der Waals surface area contributed by atoms with Crippen molar-refractivity contribution in [1.29, 1.82) is 0 Å². The van der Waals surface area contributed by atoms with Crippen LogP contribution in [0.25, 0.3) is 16.6 Å². The van der Waals surface area contributed by atoms with Crippen molar-refractivity contribution in [2.45, 2.75) is 18.8 Å². The number of carbonyl (C=O) groups excluding carboxylic acids is 1. The second kappa shape index (κ2) is 6.20. The van der Waals surface area contributed by atoms with Crippen LogP contribution in [0.5, 0.6) is 0 Å². The molecule has 1 amide bonds. The maximum absolute atomic E-state index is 11.8. The van der Waals surface area contributed by atoms with Crippen molar-refractivity contribution in [3.63, 3.8) is 0 Å². The highest BCUT2D eigenvalue weighted by atomic mass is 16.2. The van der Waals surface area contributed by atoms with Crippen LogP contribution in [0.4, 0.5) is 0 Å². The van der Waals surface area contributed by atoms with E-state index < -0.39 is 0 Å². The van der Waals surface area contributed by atoms with Gasteiger partial charge in [0, 0.05) is 49.9 Å². The number of carbonyl (C=O) groups is 1. The Balaban J connectivity index is 1.68. The summed E-state index contributed by atoms with van der Waals surface area (Å²) in [5.41, 5.74) is 4.63. The molecule has 0 unspecified atom stereocenters. The van der Waals surface area contributed by atoms with Gasteiger partial charge in [-0.2, -0.15) is 10.2 Å². The molecule has 1 saturated heterocycles. The average Bonchev–Trinajstić information content (AvgIpc) is 3.29. The van der Waals surface area contributed by atoms with Gasteiger partial charge in [-0.25, -0.2) is 4.52 Å². The number of aryl methyl sites for hydroxylation is 1. The van der Waals surface area contributed by atoms with Crippen molar-refractivity contribution in [3.8, 4) is 11.1 Å². The molecular formula is C19H21N5O. The molecular weight excluding hydrogens is 314 g/mol. The highest BCUT2D eigenvalue weighted by Gasteiger charge is 2.24. The molecule has 3 aromatic rings. The van der Waals surface area contributed by atoms with E-state index in [1.807, 2.05) is 45.9 Å². The SMILES string of the molecule is C=CC(=O)N1CCC(c2cc(-c3cnn(C)c3)cn3nccc23)CC1. The molecule has 0 atom stereocenters. The summed E-state index contributed by atoms with van der Waals surface area (Å²) in [5, 5.41) is 8.71. The minimum Gasteiger partial charge on any atom is -0.339 e. The molecule has 0 radical (unpaired) electrons. The van der Waals surface area contributed by atoms with Gasteiger partial charge in [-0.05, 0) is 42.5 Å². The van der Waals surface area contributed by atoms with Crippen LogP contribution >= 0.6 is 0 Å². The summed E-state index contributed by atoms with van der Waals surface area (Å²) < 4.78 is 3.75. The molecule has 1 aliphatic heterocycles. The smallest absolute Gasteiger partial charge is 0.245 e. The lowest BCUT2D eigenvalue weighted by Gasteiger charge is -2.32. The van der Waals surface area contributed by atoms with Crippen LogP contribution < -0.4 is 0 Å². The standard InChI is InChI=1S/C19H21N5O/c1-3-19(25)23-8-5-14(6-9-23)17-10-15(16-11-21-22(2)12-16)13-24-18(17)4-7-20-24/h3-4,7,10-14H,1,5-6,8-9H2,2H3. The predicted octanol–water partition coefficient (Wildman–Crippen LogP) is 2.63. The van der Waals surface area contributed by atoms with Gasteiger partial charge in [-0.15, -0.1) is 0 Å². The number of amides is 1. The number of rotatable bonds is 3. The predicted molar refractivity (Wildman–Crippen MR) is 96.1 cm³/mol. The van der Waals surface area contributed by atoms with Gasteiger partial charge >= 0.3 is 0 Å². The summed E-state index contributed by atoms with van der Waals surface area (Å²) in [6, 6.07) is 4.31. The second-order valence-electron chi connectivity index (χ2n) is 6.55. The van der Waals surface area contributed by atoms with Crippen molar-refractivity contribution in [3.05, 3.63) is 55.1 Å². The fraction of sp³-hybridized carbons (Fsp3) is 0.316. The van der Waals surface area contributed by atoms with Crippen LogP contribution in [-0.4, -0.2) is 43.3 Å². The molecule has 1 aliphatic rings. The first-order chi connectivity index (χ1) is 12.2. The lowest BCUT2D eigenvalue weighted by Crippen LogP contribution is -2.36. The summed E-state index contributed by atoms with van der Waals surface area (Å²) in [6.45, 7) is 5.12. The van der Waals surface area contributed by atoms with Crippen molar-refractivity contribution >= 4 is 11.4 Å². The van der Waals surface area contributed by atoms with E-state index in [-0.39, 0.29) is 5.91 Å². The van der Waals surface area contributed by atoms with Gasteiger partial charge in [0.1, 0.15) is 0 Å². The number of hydrogen-bond donors (Lipinski definition) is 0. The van der Waals surface area contributed by atoms with E-state index in [1.54, 1.807) is 0 Å². The minimum absolute atomic E-state index is 0.0251. The first kappa shape index (κ1) is 15.6. The zero-order chi connectivity index (χ0) is 17.4. The fourth-order valence-electron chi connectivity index (χ4n) is 3.65. The zero-order valence-electron chi connectivity index (χ0n) is 14.3. The minimum atomic E-state index is 0.0251. The Bertz CT molecular complexity index is 930. The highest BCUT2D eigenvalue weighted by molar-refractivity contribution is 5.87. The zero-order valence-corrected chi connectivity index (χ0v) is 14.3. The van der Waals surface area contributed by atoms with Crippen LogP contribution in [0.1, 0.15) is 24.3 Å². The fourth-order valence-corrected chi connectivity index (χ4v) is 3.65. The Labute approximate surface area is 146 Å². The number of nitrogens with zero attached hydrogens (tertiary/aromatic N) is 5. The third-order valence-corrected chi connectivity index (χ3v) is 5.00. The molecule has 0 aliphatic carbocycles. The lowest BCUT2D eigenvalue weighted by atomic mass is 9.88. The Morgan fingerprint density at radius 3 is 2.72 bits per heavy atom. The lowest BCUT2D eigenvalue weighted by molar-refractivity contribution is -0.127. The number of hydrogen-bond acceptors (Lipinski definition) is 3. The van der Waals surface area contributed by atoms with Gasteiger partial charge in [-0.1, -0.05) is 6.58 Å². The van der Waals surface area contributed by atoms with Gasteiger partial charge in [0.15, 0.2) is 0 Å². The molecule has 0 spiro atoms. The largest absolute Gasteiger partial charge is 0.339 e. The molecule has 128 valence electrons. The van der Waals surface area contributed by atoms with E-state index in [9.17, 15) is 4.79 Å². The number of piperidine rings is 1. The average molecular weight is 335 g/mol. The van der Waals surface area contributed by atoms with E-state index in [4.69, 9.17) is 0 Å². The van der Waals surface area contributed by atoms with Crippen LogP contribution in [0, 0.1) is 0 Å². The first-order valence-electron chi connectivity index (χ1n) is 8.53. The van der Waals surface area contributed by atoms with Crippen molar-refractivity contribution in [2.75, 3.05) is 13.1 Å². The number of aromatic nitrogens is 4. The Kier molecular flexibility index (Phi) is 3.87. The van der Waals surface area contributed by atoms with E-state index in [2.05, 4.69) is 28.9 Å². The van der Waals surface area contributed by atoms with E-state index in [0.29, 0.717) is 5.92 Å². The van der Waals surface area contributed by atoms with Gasteiger partial charge in [0.25, 0.3) is 0 Å². The van der Waals surface area contributed by atoms with E-state index in [1.165, 1.54) is 11.6 Å². The molecule has 4 rings (SSSR count). The number of pyridine rings is 1. The van der Waals surface area contributed by atoms with Crippen molar-refractivity contribution in [1.82, 2.24) is 24.3 Å². The quantitative estimate of drug-likeness (QED) is 0.692. The maximum Gasteiger partial charge on any atom is 0.245 e. The number of likely N-dealkylation sites (tertiary alicyclic amines) is 1. The molecule has 0 bridgehead atoms. The summed E-state index contributed by atoms with van der Waals surface area (Å²) in [4.78, 5) is 13.7. The molecule has 25 heavy (non-hydrogen) atoms. The van der Waals surface area contributed by atoms with Crippen LogP contribution in [-0.2, 0) is 11.8 Å². The normalized spacial score (nSPS) is 15.6. The molecule has 6 nitrogen and oxygen atoms in total. The monoisotopic (exact) mass is 335 g/mol. The van der Waals surface area contributed by atoms with Crippen molar-refractivity contribution < 1.29 is 4.79 Å². The maximum atomic E-state index is 11.8. The van der Waals surface area contributed by atoms with Gasteiger partial charge in [0.2, 0.25) is 5.91 Å². The van der Waals surface area contributed by atoms with Crippen molar-refractivity contribution in [2.24, 2.45) is 7.05 Å². The topological polar surface area (TPSA) is 55.4 Å². The Hall–Kier alpha value is -2.89. The van der Waals surface area contributed by atoms with Gasteiger partial charge in [-0.3, -0.25) is 9.48 Å². The summed E-state index contributed by atoms with van der Waals surface area (Å²) in [6.07, 6.45) is 11.1. The number of fused-ring (bicyclic) bond motifs is 1. The third kappa shape index (κ3) is 2.84. The molecule has 1 fully saturated rings. The van der Waals surface area contributed by atoms with E-state index in [0.717, 1.165) is 42.6 Å². The first-order valence-corrected chi connectivity index (χ1v) is 8.53. The molecule has 3 aromatic heterocycles. The summed E-state index contributed by atoms with van der Waals surface area (Å²) in [5.74, 6) is 0.446. The van der Waals surface area contributed by atoms with Crippen LogP contribution in [0.3, 0.4) is 0 Å². The molecule has 6 heteroatoms. The van der Waals surface area contributed by atoms with E-state index >= 15 is 0 Å². The molecule has 4 heterocycles. The second-order valence-corrected chi connectivity index (χ2v) is 6.55. The Morgan fingerprint density at radius 1 is 1.24 bits per heavy atom. The summed E-state index contributed by atoms with van der Waals surface area (Å²) >= 11 is 0. The highest BCUT2D eigenvalue weighted by Crippen LogP contribution is 2.33. The van der Waals surface area contributed by atoms with Crippen LogP contribution in [0.2, 0.25) is 0 Å². The van der Waals surface area contributed by atoms with Gasteiger partial charge < -0.3 is 4.90 Å². The summed E-state index contributed by atoms with van der Waals surface area (Å²) in [7, 11) is 1.92. The molecule has 0 saturated carbocycles. The molecule has 0 aromatic carbocycles. The Morgan fingerprint density at radius 2 is 2.04 bits per heavy atom. The van der Waals surface area contributed by atoms with Crippen LogP contribution in [0.15, 0.2) is 49.6 Å². The third-order valence-electron chi connectivity index (χ3n) is 5.00. The van der Waals surface area contributed by atoms with Gasteiger partial charge in [0.05, 0.1) is 11.7 Å². The molecule has 0 N–H and O–H groups in total.